The van der Waals surface area contributed by atoms with Crippen molar-refractivity contribution in [3.8, 4) is 0 Å². The second-order valence-electron chi connectivity index (χ2n) is 3.46. The van der Waals surface area contributed by atoms with E-state index in [-0.39, 0.29) is 5.38 Å². The third-order valence-electron chi connectivity index (χ3n) is 2.09. The third-order valence-corrected chi connectivity index (χ3v) is 2.23. The number of H-pyrrole nitrogens is 1. The molecule has 1 unspecified atom stereocenters. The minimum atomic E-state index is 0.0722. The average Bonchev–Trinajstić information content (AvgIpc) is 2.63. The van der Waals surface area contributed by atoms with Crippen molar-refractivity contribution in [3.05, 3.63) is 12.7 Å². The zero-order valence-corrected chi connectivity index (χ0v) is 9.36. The lowest BCUT2D eigenvalue weighted by atomic mass is 10.4. The third kappa shape index (κ3) is 2.02. The van der Waals surface area contributed by atoms with Gasteiger partial charge in [0.05, 0.1) is 6.33 Å². The maximum absolute atomic E-state index is 5.94. The molecule has 0 aliphatic carbocycles. The van der Waals surface area contributed by atoms with Crippen LogP contribution in [0.15, 0.2) is 12.7 Å². The van der Waals surface area contributed by atoms with Crippen molar-refractivity contribution >= 4 is 28.6 Å². The Hall–Kier alpha value is -1.36. The first-order chi connectivity index (χ1) is 7.18. The molecule has 2 heterocycles. The van der Waals surface area contributed by atoms with Crippen LogP contribution in [-0.4, -0.2) is 38.9 Å². The van der Waals surface area contributed by atoms with E-state index in [1.54, 1.807) is 6.33 Å². The zero-order valence-electron chi connectivity index (χ0n) is 8.61. The van der Waals surface area contributed by atoms with Crippen molar-refractivity contribution < 1.29 is 0 Å². The van der Waals surface area contributed by atoms with E-state index in [4.69, 9.17) is 11.6 Å². The summed E-state index contributed by atoms with van der Waals surface area (Å²) >= 11 is 5.94. The number of nitrogens with zero attached hydrogens (tertiary/aromatic N) is 4. The first-order valence-corrected chi connectivity index (χ1v) is 5.11. The second kappa shape index (κ2) is 4.02. The van der Waals surface area contributed by atoms with Gasteiger partial charge >= 0.3 is 0 Å². The van der Waals surface area contributed by atoms with E-state index in [9.17, 15) is 0 Å². The highest BCUT2D eigenvalue weighted by Crippen LogP contribution is 2.18. The molecule has 0 amide bonds. The van der Waals surface area contributed by atoms with Crippen molar-refractivity contribution in [2.45, 2.75) is 12.3 Å². The van der Waals surface area contributed by atoms with E-state index in [0.29, 0.717) is 5.65 Å². The van der Waals surface area contributed by atoms with Crippen molar-refractivity contribution in [1.82, 2.24) is 19.9 Å². The van der Waals surface area contributed by atoms with Gasteiger partial charge in [-0.15, -0.1) is 11.6 Å². The summed E-state index contributed by atoms with van der Waals surface area (Å²) in [5.41, 5.74) is 1.52. The lowest BCUT2D eigenvalue weighted by Gasteiger charge is -2.19. The van der Waals surface area contributed by atoms with Crippen LogP contribution in [0.2, 0.25) is 0 Å². The van der Waals surface area contributed by atoms with Gasteiger partial charge in [0.2, 0.25) is 0 Å². The maximum atomic E-state index is 5.94. The lowest BCUT2D eigenvalue weighted by molar-refractivity contribution is 0.845. The van der Waals surface area contributed by atoms with Gasteiger partial charge in [0.25, 0.3) is 0 Å². The Balaban J connectivity index is 2.38. The van der Waals surface area contributed by atoms with Crippen molar-refractivity contribution in [1.29, 1.82) is 0 Å². The molecule has 0 radical (unpaired) electrons. The Bertz CT molecular complexity index is 452. The fraction of sp³-hybridized carbons (Fsp3) is 0.444. The van der Waals surface area contributed by atoms with E-state index in [1.165, 1.54) is 6.33 Å². The van der Waals surface area contributed by atoms with E-state index >= 15 is 0 Å². The standard InChI is InChI=1S/C9H12ClN5/c1-6(10)3-15(2)9-7-8(12-4-11-7)13-5-14-9/h4-6H,3H2,1-2H3,(H,11,12,13,14). The van der Waals surface area contributed by atoms with Crippen LogP contribution in [0, 0.1) is 0 Å². The monoisotopic (exact) mass is 225 g/mol. The van der Waals surface area contributed by atoms with E-state index < -0.39 is 0 Å². The number of hydrogen-bond acceptors (Lipinski definition) is 4. The molecule has 0 aliphatic rings. The molecule has 0 fully saturated rings. The molecule has 6 heteroatoms. The maximum Gasteiger partial charge on any atom is 0.182 e. The van der Waals surface area contributed by atoms with Gasteiger partial charge in [-0.25, -0.2) is 15.0 Å². The number of halogens is 1. The number of aromatic nitrogens is 4. The Morgan fingerprint density at radius 2 is 2.27 bits per heavy atom. The molecule has 0 spiro atoms. The summed E-state index contributed by atoms with van der Waals surface area (Å²) in [6.07, 6.45) is 3.12. The number of alkyl halides is 1. The van der Waals surface area contributed by atoms with E-state index in [1.807, 2.05) is 18.9 Å². The van der Waals surface area contributed by atoms with Crippen LogP contribution in [0.4, 0.5) is 5.82 Å². The SMILES string of the molecule is CC(Cl)CN(C)c1ncnc2nc[nH]c12. The molecule has 1 N–H and O–H groups in total. The summed E-state index contributed by atoms with van der Waals surface area (Å²) in [7, 11) is 1.95. The summed E-state index contributed by atoms with van der Waals surface area (Å²) in [4.78, 5) is 17.3. The Labute approximate surface area is 92.5 Å². The highest BCUT2D eigenvalue weighted by molar-refractivity contribution is 6.20. The average molecular weight is 226 g/mol. The Morgan fingerprint density at radius 1 is 1.47 bits per heavy atom. The molecule has 5 nitrogen and oxygen atoms in total. The van der Waals surface area contributed by atoms with Crippen LogP contribution < -0.4 is 4.90 Å². The summed E-state index contributed by atoms with van der Waals surface area (Å²) in [6, 6.07) is 0. The van der Waals surface area contributed by atoms with Crippen LogP contribution >= 0.6 is 11.6 Å². The quantitative estimate of drug-likeness (QED) is 0.803. The van der Waals surface area contributed by atoms with Gasteiger partial charge in [-0.05, 0) is 6.92 Å². The van der Waals surface area contributed by atoms with Gasteiger partial charge in [0, 0.05) is 19.0 Å². The number of rotatable bonds is 3. The van der Waals surface area contributed by atoms with Crippen molar-refractivity contribution in [2.75, 3.05) is 18.5 Å². The molecule has 0 aliphatic heterocycles. The predicted molar refractivity (Wildman–Crippen MR) is 60.3 cm³/mol. The van der Waals surface area contributed by atoms with Gasteiger partial charge in [-0.2, -0.15) is 0 Å². The molecule has 0 saturated heterocycles. The minimum absolute atomic E-state index is 0.0722. The van der Waals surface area contributed by atoms with Gasteiger partial charge in [-0.1, -0.05) is 0 Å². The molecular weight excluding hydrogens is 214 g/mol. The molecule has 0 bridgehead atoms. The number of fused-ring (bicyclic) bond motifs is 1. The molecule has 15 heavy (non-hydrogen) atoms. The molecule has 0 aromatic carbocycles. The summed E-state index contributed by atoms with van der Waals surface area (Å²) < 4.78 is 0. The fourth-order valence-electron chi connectivity index (χ4n) is 1.51. The van der Waals surface area contributed by atoms with Crippen molar-refractivity contribution in [3.63, 3.8) is 0 Å². The van der Waals surface area contributed by atoms with Crippen molar-refractivity contribution in [2.24, 2.45) is 0 Å². The fourth-order valence-corrected chi connectivity index (χ4v) is 1.71. The lowest BCUT2D eigenvalue weighted by Crippen LogP contribution is -2.25. The van der Waals surface area contributed by atoms with Gasteiger partial charge in [-0.3, -0.25) is 0 Å². The van der Waals surface area contributed by atoms with Crippen LogP contribution in [0.1, 0.15) is 6.92 Å². The smallest absolute Gasteiger partial charge is 0.182 e. The molecule has 2 aromatic rings. The van der Waals surface area contributed by atoms with Crippen LogP contribution in [0.3, 0.4) is 0 Å². The highest BCUT2D eigenvalue weighted by Gasteiger charge is 2.11. The number of nitrogens with one attached hydrogen (secondary N) is 1. The topological polar surface area (TPSA) is 57.7 Å². The first kappa shape index (κ1) is 10.2. The number of imidazole rings is 1. The van der Waals surface area contributed by atoms with E-state index in [0.717, 1.165) is 17.9 Å². The van der Waals surface area contributed by atoms with Gasteiger partial charge < -0.3 is 9.88 Å². The number of anilines is 1. The summed E-state index contributed by atoms with van der Waals surface area (Å²) in [5, 5.41) is 0.0722. The zero-order chi connectivity index (χ0) is 10.8. The summed E-state index contributed by atoms with van der Waals surface area (Å²) in [6.45, 7) is 2.68. The first-order valence-electron chi connectivity index (χ1n) is 4.67. The Morgan fingerprint density at radius 3 is 3.00 bits per heavy atom. The molecule has 1 atom stereocenters. The van der Waals surface area contributed by atoms with E-state index in [2.05, 4.69) is 19.9 Å². The Kier molecular flexibility index (Phi) is 2.73. The van der Waals surface area contributed by atoms with Gasteiger partial charge in [0.15, 0.2) is 11.5 Å². The molecule has 2 aromatic heterocycles. The van der Waals surface area contributed by atoms with Gasteiger partial charge in [0.1, 0.15) is 11.8 Å². The largest absolute Gasteiger partial charge is 0.356 e. The molecule has 2 rings (SSSR count). The number of aromatic amines is 1. The molecule has 0 saturated carbocycles. The second-order valence-corrected chi connectivity index (χ2v) is 4.20. The van der Waals surface area contributed by atoms with Crippen LogP contribution in [0.25, 0.3) is 11.2 Å². The van der Waals surface area contributed by atoms with Crippen LogP contribution in [-0.2, 0) is 0 Å². The normalized spacial score (nSPS) is 13.0. The highest BCUT2D eigenvalue weighted by atomic mass is 35.5. The molecule has 80 valence electrons. The number of hydrogen-bond donors (Lipinski definition) is 1. The predicted octanol–water partition coefficient (Wildman–Crippen LogP) is 1.42. The molecular formula is C9H12ClN5. The minimum Gasteiger partial charge on any atom is -0.356 e. The van der Waals surface area contributed by atoms with Crippen LogP contribution in [0.5, 0.6) is 0 Å². The summed E-state index contributed by atoms with van der Waals surface area (Å²) in [5.74, 6) is 0.824.